The highest BCUT2D eigenvalue weighted by Gasteiger charge is 2.22. The Hall–Kier alpha value is -3.87. The zero-order valence-corrected chi connectivity index (χ0v) is 18.2. The SMILES string of the molecule is Cc1onc(-c2ccccc2)c1COc1ccc(/C=C/C(=O)N[C@H](C(=O)O)C(C)C)cc1. The number of carbonyl (C=O) groups is 2. The van der Waals surface area contributed by atoms with Crippen molar-refractivity contribution in [2.75, 3.05) is 0 Å². The molecule has 32 heavy (non-hydrogen) atoms. The van der Waals surface area contributed by atoms with Gasteiger partial charge in [-0.25, -0.2) is 4.79 Å². The molecule has 166 valence electrons. The average Bonchev–Trinajstić information content (AvgIpc) is 3.15. The number of benzene rings is 2. The van der Waals surface area contributed by atoms with Gasteiger partial charge in [0.2, 0.25) is 5.91 Å². The van der Waals surface area contributed by atoms with Gasteiger partial charge in [0, 0.05) is 11.6 Å². The van der Waals surface area contributed by atoms with Gasteiger partial charge < -0.3 is 19.7 Å². The van der Waals surface area contributed by atoms with E-state index in [2.05, 4.69) is 10.5 Å². The predicted octanol–water partition coefficient (Wildman–Crippen LogP) is 4.47. The molecule has 1 atom stereocenters. The first-order chi connectivity index (χ1) is 15.3. The number of ether oxygens (including phenoxy) is 1. The van der Waals surface area contributed by atoms with Gasteiger partial charge in [0.05, 0.1) is 5.56 Å². The van der Waals surface area contributed by atoms with Crippen LogP contribution in [0.4, 0.5) is 0 Å². The molecule has 2 aromatic carbocycles. The molecule has 0 saturated heterocycles. The lowest BCUT2D eigenvalue weighted by atomic mass is 10.0. The van der Waals surface area contributed by atoms with E-state index in [0.717, 1.165) is 22.4 Å². The number of nitrogens with one attached hydrogen (secondary N) is 1. The number of hydrogen-bond acceptors (Lipinski definition) is 5. The summed E-state index contributed by atoms with van der Waals surface area (Å²) in [5.41, 5.74) is 3.39. The minimum atomic E-state index is -1.05. The van der Waals surface area contributed by atoms with Crippen LogP contribution in [0.1, 0.15) is 30.7 Å². The standard InChI is InChI=1S/C25H26N2O5/c1-16(2)23(25(29)30)26-22(28)14-11-18-9-12-20(13-10-18)31-15-21-17(3)32-27-24(21)19-7-5-4-6-8-19/h4-14,16,23H,15H2,1-3H3,(H,26,28)(H,29,30)/b14-11+/t23-/m0/s1. The van der Waals surface area contributed by atoms with E-state index in [1.165, 1.54) is 6.08 Å². The van der Waals surface area contributed by atoms with Crippen LogP contribution in [0.25, 0.3) is 17.3 Å². The summed E-state index contributed by atoms with van der Waals surface area (Å²) in [6.45, 7) is 5.64. The van der Waals surface area contributed by atoms with Crippen LogP contribution in [0.5, 0.6) is 5.75 Å². The van der Waals surface area contributed by atoms with Crippen molar-refractivity contribution in [3.8, 4) is 17.0 Å². The van der Waals surface area contributed by atoms with Gasteiger partial charge >= 0.3 is 5.97 Å². The quantitative estimate of drug-likeness (QED) is 0.482. The number of carboxylic acids is 1. The summed E-state index contributed by atoms with van der Waals surface area (Å²) in [6.07, 6.45) is 2.94. The van der Waals surface area contributed by atoms with Gasteiger partial charge in [-0.2, -0.15) is 0 Å². The van der Waals surface area contributed by atoms with Crippen LogP contribution in [0.2, 0.25) is 0 Å². The second kappa shape index (κ2) is 10.4. The van der Waals surface area contributed by atoms with Crippen LogP contribution >= 0.6 is 0 Å². The van der Waals surface area contributed by atoms with Crippen LogP contribution in [-0.4, -0.2) is 28.2 Å². The lowest BCUT2D eigenvalue weighted by Gasteiger charge is -2.16. The van der Waals surface area contributed by atoms with E-state index >= 15 is 0 Å². The number of aliphatic carboxylic acids is 1. The van der Waals surface area contributed by atoms with Crippen LogP contribution < -0.4 is 10.1 Å². The Balaban J connectivity index is 1.60. The number of nitrogens with zero attached hydrogens (tertiary/aromatic N) is 1. The molecule has 0 fully saturated rings. The van der Waals surface area contributed by atoms with E-state index in [1.807, 2.05) is 49.4 Å². The lowest BCUT2D eigenvalue weighted by Crippen LogP contribution is -2.43. The van der Waals surface area contributed by atoms with Crippen LogP contribution in [0.3, 0.4) is 0 Å². The van der Waals surface area contributed by atoms with Gasteiger partial charge in [-0.3, -0.25) is 4.79 Å². The van der Waals surface area contributed by atoms with E-state index in [0.29, 0.717) is 18.1 Å². The lowest BCUT2D eigenvalue weighted by molar-refractivity contribution is -0.142. The molecule has 0 spiro atoms. The van der Waals surface area contributed by atoms with Gasteiger partial charge in [0.25, 0.3) is 0 Å². The minimum Gasteiger partial charge on any atom is -0.489 e. The molecule has 0 aliphatic carbocycles. The van der Waals surface area contributed by atoms with Gasteiger partial charge in [0.15, 0.2) is 0 Å². The Morgan fingerprint density at radius 1 is 1.12 bits per heavy atom. The van der Waals surface area contributed by atoms with Crippen LogP contribution in [-0.2, 0) is 16.2 Å². The summed E-state index contributed by atoms with van der Waals surface area (Å²) < 4.78 is 11.3. The third-order valence-corrected chi connectivity index (χ3v) is 4.95. The van der Waals surface area contributed by atoms with Crippen molar-refractivity contribution >= 4 is 18.0 Å². The fourth-order valence-corrected chi connectivity index (χ4v) is 3.10. The molecule has 0 radical (unpaired) electrons. The van der Waals surface area contributed by atoms with Crippen molar-refractivity contribution in [2.45, 2.75) is 33.4 Å². The topological polar surface area (TPSA) is 102 Å². The Bertz CT molecular complexity index is 1090. The first-order valence-corrected chi connectivity index (χ1v) is 10.3. The maximum absolute atomic E-state index is 12.0. The molecule has 3 aromatic rings. The second-order valence-electron chi connectivity index (χ2n) is 7.69. The molecule has 0 saturated carbocycles. The molecule has 3 rings (SSSR count). The average molecular weight is 434 g/mol. The van der Waals surface area contributed by atoms with Crippen molar-refractivity contribution in [3.63, 3.8) is 0 Å². The van der Waals surface area contributed by atoms with Crippen LogP contribution in [0.15, 0.2) is 65.2 Å². The third-order valence-electron chi connectivity index (χ3n) is 4.95. The number of amides is 1. The molecule has 2 N–H and O–H groups in total. The first-order valence-electron chi connectivity index (χ1n) is 10.3. The van der Waals surface area contributed by atoms with E-state index in [1.54, 1.807) is 32.1 Å². The molecule has 1 aromatic heterocycles. The normalized spacial score (nSPS) is 12.1. The van der Waals surface area contributed by atoms with Crippen molar-refractivity contribution in [1.82, 2.24) is 10.5 Å². The second-order valence-corrected chi connectivity index (χ2v) is 7.69. The summed E-state index contributed by atoms with van der Waals surface area (Å²) in [5, 5.41) is 15.8. The van der Waals surface area contributed by atoms with E-state index in [9.17, 15) is 9.59 Å². The van der Waals surface area contributed by atoms with Crippen molar-refractivity contribution in [1.29, 1.82) is 0 Å². The summed E-state index contributed by atoms with van der Waals surface area (Å²) in [6, 6.07) is 16.1. The fraction of sp³-hybridized carbons (Fsp3) is 0.240. The van der Waals surface area contributed by atoms with Crippen molar-refractivity contribution in [3.05, 3.63) is 77.6 Å². The molecule has 1 heterocycles. The number of hydrogen-bond donors (Lipinski definition) is 2. The van der Waals surface area contributed by atoms with E-state index < -0.39 is 17.9 Å². The maximum Gasteiger partial charge on any atom is 0.326 e. The highest BCUT2D eigenvalue weighted by atomic mass is 16.5. The summed E-state index contributed by atoms with van der Waals surface area (Å²) in [4.78, 5) is 23.2. The Morgan fingerprint density at radius 2 is 1.81 bits per heavy atom. The van der Waals surface area contributed by atoms with Crippen molar-refractivity contribution in [2.24, 2.45) is 5.92 Å². The third kappa shape index (κ3) is 5.85. The highest BCUT2D eigenvalue weighted by Crippen LogP contribution is 2.26. The predicted molar refractivity (Wildman–Crippen MR) is 121 cm³/mol. The summed E-state index contributed by atoms with van der Waals surface area (Å²) in [5.74, 6) is -0.352. The Morgan fingerprint density at radius 3 is 2.44 bits per heavy atom. The smallest absolute Gasteiger partial charge is 0.326 e. The number of carbonyl (C=O) groups excluding carboxylic acids is 1. The van der Waals surface area contributed by atoms with E-state index in [-0.39, 0.29) is 5.92 Å². The van der Waals surface area contributed by atoms with Crippen molar-refractivity contribution < 1.29 is 24.0 Å². The molecular weight excluding hydrogens is 408 g/mol. The van der Waals surface area contributed by atoms with Gasteiger partial charge in [0.1, 0.15) is 29.9 Å². The van der Waals surface area contributed by atoms with E-state index in [4.69, 9.17) is 14.4 Å². The molecule has 0 aliphatic rings. The Kier molecular flexibility index (Phi) is 7.44. The Labute approximate surface area is 186 Å². The molecule has 1 amide bonds. The minimum absolute atomic E-state index is 0.210. The zero-order valence-electron chi connectivity index (χ0n) is 18.2. The highest BCUT2D eigenvalue weighted by molar-refractivity contribution is 5.94. The molecule has 7 heteroatoms. The number of carboxylic acid groups (broad SMARTS) is 1. The van der Waals surface area contributed by atoms with Gasteiger partial charge in [-0.05, 0) is 36.6 Å². The largest absolute Gasteiger partial charge is 0.489 e. The van der Waals surface area contributed by atoms with Crippen LogP contribution in [0, 0.1) is 12.8 Å². The molecule has 0 aliphatic heterocycles. The number of rotatable bonds is 9. The van der Waals surface area contributed by atoms with Gasteiger partial charge in [-0.15, -0.1) is 0 Å². The molecular formula is C25H26N2O5. The molecule has 7 nitrogen and oxygen atoms in total. The number of aryl methyl sites for hydroxylation is 1. The fourth-order valence-electron chi connectivity index (χ4n) is 3.10. The number of aromatic nitrogens is 1. The monoisotopic (exact) mass is 434 g/mol. The molecule has 0 unspecified atom stereocenters. The van der Waals surface area contributed by atoms with Gasteiger partial charge in [-0.1, -0.05) is 61.5 Å². The summed E-state index contributed by atoms with van der Waals surface area (Å²) >= 11 is 0. The maximum atomic E-state index is 12.0. The molecule has 0 bridgehead atoms. The first kappa shape index (κ1) is 22.8. The summed E-state index contributed by atoms with van der Waals surface area (Å²) in [7, 11) is 0. The zero-order chi connectivity index (χ0) is 23.1.